The molecular formula is C13H22BNO2S. The molecule has 1 saturated heterocycles. The summed E-state index contributed by atoms with van der Waals surface area (Å²) in [5, 5.41) is 1.16. The van der Waals surface area contributed by atoms with E-state index in [9.17, 15) is 0 Å². The molecule has 3 nitrogen and oxygen atoms in total. The highest BCUT2D eigenvalue weighted by atomic mass is 32.1. The second kappa shape index (κ2) is 4.62. The van der Waals surface area contributed by atoms with E-state index in [1.54, 1.807) is 11.3 Å². The van der Waals surface area contributed by atoms with Gasteiger partial charge in [0.05, 0.1) is 26.7 Å². The van der Waals surface area contributed by atoms with E-state index >= 15 is 0 Å². The number of rotatable bonds is 3. The smallest absolute Gasteiger partial charge is 0.399 e. The van der Waals surface area contributed by atoms with Crippen molar-refractivity contribution >= 4 is 23.2 Å². The molecule has 0 aromatic carbocycles. The minimum Gasteiger partial charge on any atom is -0.399 e. The fourth-order valence-corrected chi connectivity index (χ4v) is 3.01. The Hall–Kier alpha value is -0.385. The van der Waals surface area contributed by atoms with Crippen molar-refractivity contribution in [1.29, 1.82) is 0 Å². The predicted molar refractivity (Wildman–Crippen MR) is 76.6 cm³/mol. The van der Waals surface area contributed by atoms with Gasteiger partial charge in [0.1, 0.15) is 0 Å². The average molecular weight is 267 g/mol. The molecule has 1 aliphatic heterocycles. The molecule has 100 valence electrons. The van der Waals surface area contributed by atoms with Crippen LogP contribution in [0.2, 0.25) is 0 Å². The van der Waals surface area contributed by atoms with Crippen LogP contribution in [-0.2, 0) is 22.2 Å². The molecule has 0 N–H and O–H groups in total. The maximum Gasteiger partial charge on any atom is 0.507 e. The summed E-state index contributed by atoms with van der Waals surface area (Å²) in [6.07, 6.45) is 1.90. The van der Waals surface area contributed by atoms with E-state index in [-0.39, 0.29) is 18.3 Å². The molecule has 1 aromatic rings. The number of hydrogen-bond acceptors (Lipinski definition) is 4. The molecule has 0 amide bonds. The Morgan fingerprint density at radius 2 is 1.61 bits per heavy atom. The molecule has 0 bridgehead atoms. The predicted octanol–water partition coefficient (Wildman–Crippen LogP) is 2.57. The molecule has 0 radical (unpaired) electrons. The summed E-state index contributed by atoms with van der Waals surface area (Å²) < 4.78 is 13.3. The largest absolute Gasteiger partial charge is 0.507 e. The van der Waals surface area contributed by atoms with E-state index in [0.717, 1.165) is 28.3 Å². The Kier molecular flexibility index (Phi) is 3.60. The zero-order chi connectivity index (χ0) is 13.6. The van der Waals surface area contributed by atoms with Crippen LogP contribution < -0.4 is 4.78 Å². The van der Waals surface area contributed by atoms with E-state index in [2.05, 4.69) is 46.5 Å². The first-order valence-corrected chi connectivity index (χ1v) is 7.46. The van der Waals surface area contributed by atoms with E-state index in [1.807, 2.05) is 0 Å². The molecule has 0 unspecified atom stereocenters. The summed E-state index contributed by atoms with van der Waals surface area (Å²) in [7, 11) is -0.261. The van der Waals surface area contributed by atoms with Crippen LogP contribution in [0.15, 0.2) is 0 Å². The molecule has 0 spiro atoms. The molecule has 5 heteroatoms. The fraction of sp³-hybridized carbons (Fsp3) is 0.769. The first-order valence-electron chi connectivity index (χ1n) is 6.65. The maximum atomic E-state index is 6.10. The SMILES string of the molecule is CCc1nc(CC)c(B2OC(C)(C)C(C)(C)O2)s1. The molecule has 2 heterocycles. The second-order valence-electron chi connectivity index (χ2n) is 5.71. The van der Waals surface area contributed by atoms with Gasteiger partial charge in [-0.05, 0) is 40.5 Å². The van der Waals surface area contributed by atoms with Gasteiger partial charge in [0.25, 0.3) is 0 Å². The zero-order valence-electron chi connectivity index (χ0n) is 12.2. The standard InChI is InChI=1S/C13H22BNO2S/c1-7-9-11(18-10(8-2)15-9)14-16-12(3,4)13(5,6)17-14/h7-8H2,1-6H3. The van der Waals surface area contributed by atoms with E-state index in [1.165, 1.54) is 0 Å². The normalized spacial score (nSPS) is 21.6. The van der Waals surface area contributed by atoms with Gasteiger partial charge in [0.2, 0.25) is 0 Å². The van der Waals surface area contributed by atoms with Gasteiger partial charge in [-0.3, -0.25) is 0 Å². The highest BCUT2D eigenvalue weighted by Crippen LogP contribution is 2.37. The Balaban J connectivity index is 2.31. The van der Waals surface area contributed by atoms with E-state index in [0.29, 0.717) is 0 Å². The number of aryl methyl sites for hydroxylation is 2. The highest BCUT2D eigenvalue weighted by Gasteiger charge is 2.52. The monoisotopic (exact) mass is 267 g/mol. The van der Waals surface area contributed by atoms with Crippen molar-refractivity contribution in [2.45, 2.75) is 65.6 Å². The van der Waals surface area contributed by atoms with Gasteiger partial charge in [0.15, 0.2) is 0 Å². The number of hydrogen-bond donors (Lipinski definition) is 0. The lowest BCUT2D eigenvalue weighted by molar-refractivity contribution is 0.00578. The van der Waals surface area contributed by atoms with Crippen LogP contribution in [0.1, 0.15) is 52.2 Å². The molecule has 0 atom stereocenters. The van der Waals surface area contributed by atoms with Crippen molar-refractivity contribution in [1.82, 2.24) is 4.98 Å². The summed E-state index contributed by atoms with van der Waals surface area (Å²) >= 11 is 1.72. The third-order valence-corrected chi connectivity index (χ3v) is 5.14. The van der Waals surface area contributed by atoms with Gasteiger partial charge in [-0.25, -0.2) is 4.98 Å². The summed E-state index contributed by atoms with van der Waals surface area (Å²) in [5.41, 5.74) is 0.563. The third kappa shape index (κ3) is 2.24. The van der Waals surface area contributed by atoms with Crippen molar-refractivity contribution < 1.29 is 9.31 Å². The molecule has 1 aliphatic rings. The van der Waals surface area contributed by atoms with Crippen LogP contribution in [0.25, 0.3) is 0 Å². The Labute approximate surface area is 114 Å². The number of nitrogens with zero attached hydrogens (tertiary/aromatic N) is 1. The van der Waals surface area contributed by atoms with Gasteiger partial charge in [0, 0.05) is 0 Å². The van der Waals surface area contributed by atoms with Gasteiger partial charge in [-0.1, -0.05) is 13.8 Å². The third-order valence-electron chi connectivity index (χ3n) is 3.88. The van der Waals surface area contributed by atoms with Crippen molar-refractivity contribution in [2.75, 3.05) is 0 Å². The molecule has 0 saturated carbocycles. The molecule has 1 fully saturated rings. The van der Waals surface area contributed by atoms with E-state index in [4.69, 9.17) is 9.31 Å². The number of thiazole rings is 1. The lowest BCUT2D eigenvalue weighted by atomic mass is 9.86. The average Bonchev–Trinajstić information content (AvgIpc) is 2.78. The Bertz CT molecular complexity index is 426. The van der Waals surface area contributed by atoms with Gasteiger partial charge < -0.3 is 9.31 Å². The zero-order valence-corrected chi connectivity index (χ0v) is 13.0. The fourth-order valence-electron chi connectivity index (χ4n) is 1.95. The quantitative estimate of drug-likeness (QED) is 0.789. The van der Waals surface area contributed by atoms with Crippen LogP contribution in [0.5, 0.6) is 0 Å². The summed E-state index contributed by atoms with van der Waals surface area (Å²) in [4.78, 5) is 4.65. The van der Waals surface area contributed by atoms with Crippen molar-refractivity contribution in [3.63, 3.8) is 0 Å². The lowest BCUT2D eigenvalue weighted by Gasteiger charge is -2.32. The summed E-state index contributed by atoms with van der Waals surface area (Å²) in [6, 6.07) is 0. The van der Waals surface area contributed by atoms with Gasteiger partial charge >= 0.3 is 7.12 Å². The van der Waals surface area contributed by atoms with Crippen LogP contribution >= 0.6 is 11.3 Å². The minimum atomic E-state index is -0.279. The minimum absolute atomic E-state index is 0.261. The molecule has 2 rings (SSSR count). The summed E-state index contributed by atoms with van der Waals surface area (Å²) in [6.45, 7) is 12.6. The van der Waals surface area contributed by atoms with Crippen molar-refractivity contribution in [2.24, 2.45) is 0 Å². The second-order valence-corrected chi connectivity index (χ2v) is 6.83. The first-order chi connectivity index (χ1) is 8.30. The molecule has 18 heavy (non-hydrogen) atoms. The number of aromatic nitrogens is 1. The molecule has 1 aromatic heterocycles. The summed E-state index contributed by atoms with van der Waals surface area (Å²) in [5.74, 6) is 0. The Morgan fingerprint density at radius 3 is 2.06 bits per heavy atom. The lowest BCUT2D eigenvalue weighted by Crippen LogP contribution is -2.41. The highest BCUT2D eigenvalue weighted by molar-refractivity contribution is 7.22. The maximum absolute atomic E-state index is 6.10. The topological polar surface area (TPSA) is 31.4 Å². The molecular weight excluding hydrogens is 245 g/mol. The first kappa shape index (κ1) is 14.0. The van der Waals surface area contributed by atoms with Crippen LogP contribution in [0, 0.1) is 0 Å². The molecule has 0 aliphatic carbocycles. The van der Waals surface area contributed by atoms with Crippen LogP contribution in [0.3, 0.4) is 0 Å². The Morgan fingerprint density at radius 1 is 1.06 bits per heavy atom. The van der Waals surface area contributed by atoms with Crippen molar-refractivity contribution in [3.8, 4) is 0 Å². The van der Waals surface area contributed by atoms with Crippen LogP contribution in [-0.4, -0.2) is 23.3 Å². The van der Waals surface area contributed by atoms with Gasteiger partial charge in [-0.2, -0.15) is 0 Å². The van der Waals surface area contributed by atoms with Gasteiger partial charge in [-0.15, -0.1) is 11.3 Å². The van der Waals surface area contributed by atoms with Crippen molar-refractivity contribution in [3.05, 3.63) is 10.7 Å². The van der Waals surface area contributed by atoms with E-state index < -0.39 is 0 Å². The van der Waals surface area contributed by atoms with Crippen LogP contribution in [0.4, 0.5) is 0 Å².